The van der Waals surface area contributed by atoms with Gasteiger partial charge in [-0.25, -0.2) is 0 Å². The zero-order chi connectivity index (χ0) is 50.3. The minimum absolute atomic E-state index is 0.261. The summed E-state index contributed by atoms with van der Waals surface area (Å²) in [6, 6.07) is 56.5. The summed E-state index contributed by atoms with van der Waals surface area (Å²) in [7, 11) is -15.2. The van der Waals surface area contributed by atoms with Crippen molar-refractivity contribution >= 4 is 97.6 Å². The van der Waals surface area contributed by atoms with Crippen LogP contribution >= 0.6 is 0 Å². The molecule has 0 radical (unpaired) electrons. The Kier molecular flexibility index (Phi) is 15.0. The van der Waals surface area contributed by atoms with Gasteiger partial charge in [0.1, 0.15) is 0 Å². The molecule has 9 rings (SSSR count). The largest absolute Gasteiger partial charge is 0.425 e. The van der Waals surface area contributed by atoms with Crippen molar-refractivity contribution in [1.29, 1.82) is 0 Å². The fourth-order valence-electron chi connectivity index (χ4n) is 8.27. The lowest BCUT2D eigenvalue weighted by atomic mass is 9.86. The predicted molar refractivity (Wildman–Crippen MR) is 261 cm³/mol. The molecule has 14 nitrogen and oxygen atoms in total. The number of hydrogen-bond donors (Lipinski definition) is 2. The highest BCUT2D eigenvalue weighted by Gasteiger charge is 2.38. The molecule has 7 aromatic rings. The molecule has 0 saturated carbocycles. The Bertz CT molecular complexity index is 3740. The average Bonchev–Trinajstić information content (AvgIpc) is 3.82. The average molecular weight is 1010 g/mol. The maximum Gasteiger partial charge on any atom is 0.425 e. The summed E-state index contributed by atoms with van der Waals surface area (Å²) >= 11 is 0. The molecule has 2 aliphatic carbocycles. The molecule has 0 heterocycles. The van der Waals surface area contributed by atoms with Gasteiger partial charge in [0.15, 0.2) is 11.6 Å². The molecule has 70 heavy (non-hydrogen) atoms. The van der Waals surface area contributed by atoms with Crippen molar-refractivity contribution in [3.8, 4) is 0 Å². The second-order valence-electron chi connectivity index (χ2n) is 15.1. The summed E-state index contributed by atoms with van der Waals surface area (Å²) in [5, 5.41) is 0. The van der Waals surface area contributed by atoms with Crippen LogP contribution in [-0.2, 0) is 51.0 Å². The van der Waals surface area contributed by atoms with Crippen molar-refractivity contribution in [1.82, 2.24) is 0 Å². The van der Waals surface area contributed by atoms with E-state index in [-0.39, 0.29) is 21.4 Å². The van der Waals surface area contributed by atoms with Crippen molar-refractivity contribution in [2.75, 3.05) is 0 Å². The third kappa shape index (κ3) is 10.9. The van der Waals surface area contributed by atoms with Crippen LogP contribution in [0.15, 0.2) is 204 Å². The van der Waals surface area contributed by atoms with Crippen LogP contribution in [0.1, 0.15) is 44.5 Å². The molecule has 0 bridgehead atoms. The minimum Gasteiger partial charge on any atom is -0.289 e. The van der Waals surface area contributed by atoms with Crippen LogP contribution in [0.2, 0.25) is 0 Å². The van der Waals surface area contributed by atoms with Gasteiger partial charge in [-0.1, -0.05) is 170 Å². The topological polar surface area (TPSA) is 245 Å². The van der Waals surface area contributed by atoms with Gasteiger partial charge in [-0.3, -0.25) is 18.7 Å². The minimum atomic E-state index is -4.50. The van der Waals surface area contributed by atoms with E-state index in [4.69, 9.17) is 25.3 Å². The van der Waals surface area contributed by atoms with Crippen LogP contribution in [0, 0.1) is 0 Å². The van der Waals surface area contributed by atoms with E-state index in [0.717, 1.165) is 11.1 Å². The molecule has 0 saturated heterocycles. The zero-order valence-electron chi connectivity index (χ0n) is 35.9. The SMILES string of the molecule is O=C1C(c2ccc(S(=O)(=O)O)cc2)=C(c2ccccc2)C(c2ccc(C3=C(c4ccc(S(=O)(=O)O)cc4)C(=O)C(c4ccccc4)=C3c3ccccc3)cc2)=C1c1ccccc1.O=S(=O)=O.O=S(=O)=O. The van der Waals surface area contributed by atoms with Gasteiger partial charge in [0, 0.05) is 44.6 Å². The lowest BCUT2D eigenvalue weighted by molar-refractivity contribution is -0.109. The highest BCUT2D eigenvalue weighted by molar-refractivity contribution is 7.86. The summed E-state index contributed by atoms with van der Waals surface area (Å²) in [6.07, 6.45) is 0. The molecule has 0 fully saturated rings. The maximum atomic E-state index is 14.9. The zero-order valence-corrected chi connectivity index (χ0v) is 39.2. The molecule has 2 aliphatic rings. The van der Waals surface area contributed by atoms with Crippen molar-refractivity contribution < 1.29 is 60.8 Å². The molecular formula is C52H34O14S4. The van der Waals surface area contributed by atoms with E-state index in [1.807, 2.05) is 146 Å². The van der Waals surface area contributed by atoms with Gasteiger partial charge in [-0.15, -0.1) is 25.3 Å². The first kappa shape index (κ1) is 49.8. The third-order valence-corrected chi connectivity index (χ3v) is 12.7. The quantitative estimate of drug-likeness (QED) is 0.122. The number of benzene rings is 7. The molecule has 0 aliphatic heterocycles. The Hall–Kier alpha value is -8.10. The second kappa shape index (κ2) is 21.0. The van der Waals surface area contributed by atoms with Crippen molar-refractivity contribution in [3.05, 3.63) is 239 Å². The van der Waals surface area contributed by atoms with E-state index in [1.165, 1.54) is 48.5 Å². The van der Waals surface area contributed by atoms with Crippen LogP contribution in [0.5, 0.6) is 0 Å². The smallest absolute Gasteiger partial charge is 0.289 e. The van der Waals surface area contributed by atoms with E-state index in [2.05, 4.69) is 0 Å². The van der Waals surface area contributed by atoms with Crippen molar-refractivity contribution in [2.45, 2.75) is 9.79 Å². The Labute approximate surface area is 404 Å². The van der Waals surface area contributed by atoms with E-state index in [9.17, 15) is 35.5 Å². The first-order chi connectivity index (χ1) is 33.4. The number of hydrogen-bond acceptors (Lipinski definition) is 12. The number of allylic oxidation sites excluding steroid dienone is 8. The van der Waals surface area contributed by atoms with Gasteiger partial charge >= 0.3 is 21.2 Å². The van der Waals surface area contributed by atoms with Crippen LogP contribution < -0.4 is 0 Å². The molecule has 2 N–H and O–H groups in total. The summed E-state index contributed by atoms with van der Waals surface area (Å²) in [5.41, 5.74) is 9.41. The molecule has 7 aromatic carbocycles. The highest BCUT2D eigenvalue weighted by atomic mass is 32.2. The number of carbonyl (C=O) groups is 2. The summed E-state index contributed by atoms with van der Waals surface area (Å²) in [5.74, 6) is -0.529. The lowest BCUT2D eigenvalue weighted by Crippen LogP contribution is -2.03. The number of carbonyl (C=O) groups excluding carboxylic acids is 2. The summed E-state index contributed by atoms with van der Waals surface area (Å²) in [6.45, 7) is 0. The number of rotatable bonds is 10. The first-order valence-electron chi connectivity index (χ1n) is 20.5. The normalized spacial score (nSPS) is 13.7. The predicted octanol–water partition coefficient (Wildman–Crippen LogP) is 8.38. The highest BCUT2D eigenvalue weighted by Crippen LogP contribution is 2.52. The van der Waals surface area contributed by atoms with Crippen molar-refractivity contribution in [2.24, 2.45) is 0 Å². The first-order valence-corrected chi connectivity index (χ1v) is 25.3. The van der Waals surface area contributed by atoms with Gasteiger partial charge in [0.05, 0.1) is 9.79 Å². The molecule has 0 unspecified atom stereocenters. The molecule has 0 spiro atoms. The fourth-order valence-corrected chi connectivity index (χ4v) is 9.23. The molecule has 0 atom stereocenters. The standard InChI is InChI=1S/C52H34O8S2.2O3S/c53-51-47(35-17-9-3-10-18-35)43(33-13-5-1-6-14-33)46(50(51)40-27-31-42(32-28-40)62(58,59)60)38-23-21-37(22-24-38)45-44(34-15-7-2-8-16-34)49(39-25-29-41(30-26-39)61(55,56)57)52(54)48(45)36-19-11-4-12-20-36;2*1-4(2)3/h1-32H,(H,55,56,57)(H,58,59,60);;. The van der Waals surface area contributed by atoms with Crippen LogP contribution in [0.25, 0.3) is 44.6 Å². The van der Waals surface area contributed by atoms with Crippen LogP contribution in [0.4, 0.5) is 0 Å². The van der Waals surface area contributed by atoms with Crippen LogP contribution in [0.3, 0.4) is 0 Å². The molecule has 0 aromatic heterocycles. The number of Topliss-reactive ketones (excluding diaryl/α,β-unsaturated/α-hetero) is 2. The molecule has 350 valence electrons. The van der Waals surface area contributed by atoms with Crippen LogP contribution in [-0.4, -0.2) is 62.8 Å². The van der Waals surface area contributed by atoms with Gasteiger partial charge < -0.3 is 0 Å². The van der Waals surface area contributed by atoms with E-state index < -0.39 is 41.5 Å². The Morgan fingerprint density at radius 1 is 0.257 bits per heavy atom. The Balaban J connectivity index is 0.000000840. The van der Waals surface area contributed by atoms with Gasteiger partial charge in [0.25, 0.3) is 20.2 Å². The Morgan fingerprint density at radius 3 is 0.614 bits per heavy atom. The van der Waals surface area contributed by atoms with E-state index in [0.29, 0.717) is 78.0 Å². The Morgan fingerprint density at radius 2 is 0.414 bits per heavy atom. The van der Waals surface area contributed by atoms with E-state index >= 15 is 0 Å². The van der Waals surface area contributed by atoms with Gasteiger partial charge in [-0.05, 0) is 68.8 Å². The monoisotopic (exact) mass is 1010 g/mol. The third-order valence-electron chi connectivity index (χ3n) is 11.0. The number of ketones is 2. The molecular weight excluding hydrogens is 977 g/mol. The maximum absolute atomic E-state index is 14.9. The lowest BCUT2D eigenvalue weighted by Gasteiger charge is -2.16. The summed E-state index contributed by atoms with van der Waals surface area (Å²) in [4.78, 5) is 29.3. The fraction of sp³-hybridized carbons (Fsp3) is 0. The van der Waals surface area contributed by atoms with Crippen molar-refractivity contribution in [3.63, 3.8) is 0 Å². The second-order valence-corrected chi connectivity index (χ2v) is 18.8. The van der Waals surface area contributed by atoms with Gasteiger partial charge in [-0.2, -0.15) is 16.8 Å². The summed E-state index contributed by atoms with van der Waals surface area (Å²) < 4.78 is 118. The molecule has 0 amide bonds. The molecule has 18 heteroatoms. The van der Waals surface area contributed by atoms with Gasteiger partial charge in [0.2, 0.25) is 0 Å². The van der Waals surface area contributed by atoms with E-state index in [1.54, 1.807) is 0 Å².